The third-order valence-electron chi connectivity index (χ3n) is 6.89. The van der Waals surface area contributed by atoms with Crippen molar-refractivity contribution >= 4 is 11.6 Å². The molecule has 0 atom stereocenters. The first-order chi connectivity index (χ1) is 15.5. The number of nitrogens with zero attached hydrogens (tertiary/aromatic N) is 3. The van der Waals surface area contributed by atoms with Crippen LogP contribution in [-0.4, -0.2) is 46.6 Å². The first-order valence-corrected chi connectivity index (χ1v) is 12.3. The van der Waals surface area contributed by atoms with Gasteiger partial charge in [-0.15, -0.1) is 0 Å². The van der Waals surface area contributed by atoms with E-state index in [2.05, 4.69) is 63.0 Å². The van der Waals surface area contributed by atoms with E-state index in [1.807, 2.05) is 17.0 Å². The first-order valence-electron chi connectivity index (χ1n) is 12.3. The Morgan fingerprint density at radius 1 is 1.12 bits per heavy atom. The lowest BCUT2D eigenvalue weighted by Gasteiger charge is -2.49. The Labute approximate surface area is 193 Å². The summed E-state index contributed by atoms with van der Waals surface area (Å²) in [6, 6.07) is 6.15. The topological polar surface area (TPSA) is 35.9 Å². The second kappa shape index (κ2) is 9.48. The second-order valence-corrected chi connectivity index (χ2v) is 9.45. The fourth-order valence-electron chi connectivity index (χ4n) is 5.35. The molecule has 0 aliphatic carbocycles. The maximum absolute atomic E-state index is 13.2. The summed E-state index contributed by atoms with van der Waals surface area (Å²) in [5.74, 6) is 0.151. The number of hydrogen-bond donors (Lipinski definition) is 0. The Kier molecular flexibility index (Phi) is 6.68. The molecule has 32 heavy (non-hydrogen) atoms. The molecule has 3 aliphatic heterocycles. The summed E-state index contributed by atoms with van der Waals surface area (Å²) >= 11 is 0. The predicted octanol–water partition coefficient (Wildman–Crippen LogP) is 5.97. The summed E-state index contributed by atoms with van der Waals surface area (Å²) in [6.45, 7) is 11.0. The SMILES string of the molecule is CC/C=C1\C(CCCC)=NC2(CCN(C(=O)c3cc(C)cc(C)c3)CC2)C2=CC=CCN21. The average Bonchev–Trinajstić information content (AvgIpc) is 2.79. The zero-order chi connectivity index (χ0) is 22.7. The number of likely N-dealkylation sites (tertiary alicyclic amines) is 1. The Hall–Kier alpha value is -2.62. The first kappa shape index (κ1) is 22.6. The highest BCUT2D eigenvalue weighted by atomic mass is 16.2. The van der Waals surface area contributed by atoms with E-state index in [-0.39, 0.29) is 11.4 Å². The third kappa shape index (κ3) is 4.32. The molecule has 4 nitrogen and oxygen atoms in total. The minimum absolute atomic E-state index is 0.151. The number of aryl methyl sites for hydroxylation is 2. The smallest absolute Gasteiger partial charge is 0.253 e. The van der Waals surface area contributed by atoms with Gasteiger partial charge in [0.05, 0.1) is 11.4 Å². The van der Waals surface area contributed by atoms with Crippen LogP contribution in [0.3, 0.4) is 0 Å². The fraction of sp³-hybridized carbons (Fsp3) is 0.500. The number of rotatable bonds is 5. The predicted molar refractivity (Wildman–Crippen MR) is 133 cm³/mol. The zero-order valence-corrected chi connectivity index (χ0v) is 20.2. The summed E-state index contributed by atoms with van der Waals surface area (Å²) in [7, 11) is 0. The zero-order valence-electron chi connectivity index (χ0n) is 20.2. The minimum atomic E-state index is -0.210. The molecular weight excluding hydrogens is 394 g/mol. The molecule has 3 heterocycles. The van der Waals surface area contributed by atoms with Crippen LogP contribution in [0.1, 0.15) is 73.9 Å². The van der Waals surface area contributed by atoms with Crippen molar-refractivity contribution in [2.24, 2.45) is 4.99 Å². The summed E-state index contributed by atoms with van der Waals surface area (Å²) in [5, 5.41) is 0. The molecule has 1 spiro atoms. The van der Waals surface area contributed by atoms with Crippen LogP contribution >= 0.6 is 0 Å². The number of carbonyl (C=O) groups is 1. The number of allylic oxidation sites excluding steroid dienone is 4. The highest BCUT2D eigenvalue weighted by Crippen LogP contribution is 2.43. The van der Waals surface area contributed by atoms with Crippen LogP contribution in [0.4, 0.5) is 0 Å². The molecule has 1 fully saturated rings. The number of unbranched alkanes of at least 4 members (excludes halogenated alkanes) is 1. The van der Waals surface area contributed by atoms with Crippen LogP contribution in [-0.2, 0) is 0 Å². The van der Waals surface area contributed by atoms with E-state index in [0.29, 0.717) is 0 Å². The largest absolute Gasteiger partial charge is 0.338 e. The van der Waals surface area contributed by atoms with Crippen LogP contribution in [0.5, 0.6) is 0 Å². The molecule has 1 amide bonds. The minimum Gasteiger partial charge on any atom is -0.338 e. The molecular formula is C28H37N3O. The summed E-state index contributed by atoms with van der Waals surface area (Å²) in [5.41, 5.74) is 6.76. The van der Waals surface area contributed by atoms with Gasteiger partial charge in [-0.3, -0.25) is 9.79 Å². The van der Waals surface area contributed by atoms with Gasteiger partial charge < -0.3 is 9.80 Å². The van der Waals surface area contributed by atoms with E-state index in [1.54, 1.807) is 0 Å². The maximum Gasteiger partial charge on any atom is 0.253 e. The Morgan fingerprint density at radius 3 is 2.50 bits per heavy atom. The molecule has 170 valence electrons. The monoisotopic (exact) mass is 431 g/mol. The summed E-state index contributed by atoms with van der Waals surface area (Å²) in [4.78, 5) is 23.2. The molecule has 0 saturated carbocycles. The van der Waals surface area contributed by atoms with E-state index in [0.717, 1.165) is 68.4 Å². The molecule has 0 radical (unpaired) electrons. The third-order valence-corrected chi connectivity index (χ3v) is 6.89. The molecule has 1 saturated heterocycles. The van der Waals surface area contributed by atoms with Crippen molar-refractivity contribution in [1.82, 2.24) is 9.80 Å². The van der Waals surface area contributed by atoms with Gasteiger partial charge in [-0.1, -0.05) is 55.7 Å². The molecule has 3 aliphatic rings. The lowest BCUT2D eigenvalue weighted by Crippen LogP contribution is -2.53. The molecule has 1 aromatic carbocycles. The molecule has 0 bridgehead atoms. The number of hydrogen-bond acceptors (Lipinski definition) is 3. The van der Waals surface area contributed by atoms with E-state index < -0.39 is 0 Å². The lowest BCUT2D eigenvalue weighted by molar-refractivity contribution is 0.0675. The van der Waals surface area contributed by atoms with Gasteiger partial charge in [0.2, 0.25) is 0 Å². The number of benzene rings is 1. The number of aliphatic imine (C=N–C) groups is 1. The lowest BCUT2D eigenvalue weighted by atomic mass is 9.80. The van der Waals surface area contributed by atoms with Crippen molar-refractivity contribution < 1.29 is 4.79 Å². The van der Waals surface area contributed by atoms with Gasteiger partial charge in [-0.05, 0) is 64.2 Å². The van der Waals surface area contributed by atoms with Crippen LogP contribution in [0.2, 0.25) is 0 Å². The van der Waals surface area contributed by atoms with Crippen LogP contribution in [0.15, 0.2) is 58.9 Å². The molecule has 4 heteroatoms. The molecule has 0 N–H and O–H groups in total. The van der Waals surface area contributed by atoms with E-state index in [9.17, 15) is 4.79 Å². The van der Waals surface area contributed by atoms with Crippen molar-refractivity contribution in [3.05, 3.63) is 70.6 Å². The van der Waals surface area contributed by atoms with Gasteiger partial charge in [0.25, 0.3) is 5.91 Å². The highest BCUT2D eigenvalue weighted by Gasteiger charge is 2.45. The molecule has 4 rings (SSSR count). The van der Waals surface area contributed by atoms with Crippen molar-refractivity contribution in [2.45, 2.75) is 71.8 Å². The average molecular weight is 432 g/mol. The van der Waals surface area contributed by atoms with Crippen LogP contribution in [0.25, 0.3) is 0 Å². The van der Waals surface area contributed by atoms with Gasteiger partial charge in [0.1, 0.15) is 5.54 Å². The van der Waals surface area contributed by atoms with Gasteiger partial charge in [-0.2, -0.15) is 0 Å². The van der Waals surface area contributed by atoms with E-state index in [1.165, 1.54) is 23.5 Å². The van der Waals surface area contributed by atoms with Crippen molar-refractivity contribution in [3.63, 3.8) is 0 Å². The van der Waals surface area contributed by atoms with Crippen LogP contribution in [0, 0.1) is 13.8 Å². The van der Waals surface area contributed by atoms with E-state index >= 15 is 0 Å². The molecule has 0 aromatic heterocycles. The molecule has 1 aromatic rings. The Bertz CT molecular complexity index is 970. The quantitative estimate of drug-likeness (QED) is 0.575. The van der Waals surface area contributed by atoms with Crippen molar-refractivity contribution in [1.29, 1.82) is 0 Å². The highest BCUT2D eigenvalue weighted by molar-refractivity contribution is 6.01. The van der Waals surface area contributed by atoms with Gasteiger partial charge in [0.15, 0.2) is 0 Å². The van der Waals surface area contributed by atoms with Crippen molar-refractivity contribution in [2.75, 3.05) is 19.6 Å². The van der Waals surface area contributed by atoms with Gasteiger partial charge in [-0.25, -0.2) is 0 Å². The normalized spacial score (nSPS) is 20.9. The van der Waals surface area contributed by atoms with Gasteiger partial charge >= 0.3 is 0 Å². The standard InChI is InChI=1S/C28H37N3O/c1-5-7-11-24-25(10-6-2)31-15-9-8-12-26(31)28(29-24)13-16-30(17-14-28)27(32)23-19-21(3)18-22(4)20-23/h8-10,12,18-20H,5-7,11,13-17H2,1-4H3/b25-10+. The maximum atomic E-state index is 13.2. The Morgan fingerprint density at radius 2 is 1.84 bits per heavy atom. The molecule has 0 unspecified atom stereocenters. The van der Waals surface area contributed by atoms with Crippen LogP contribution < -0.4 is 0 Å². The number of piperidine rings is 1. The fourth-order valence-corrected chi connectivity index (χ4v) is 5.35. The summed E-state index contributed by atoms with van der Waals surface area (Å²) < 4.78 is 0. The summed E-state index contributed by atoms with van der Waals surface area (Å²) in [6.07, 6.45) is 15.2. The Balaban J connectivity index is 1.62. The number of fused-ring (bicyclic) bond motifs is 2. The van der Waals surface area contributed by atoms with Gasteiger partial charge in [0, 0.05) is 30.9 Å². The van der Waals surface area contributed by atoms with E-state index in [4.69, 9.17) is 4.99 Å². The number of amides is 1. The second-order valence-electron chi connectivity index (χ2n) is 9.45. The number of carbonyl (C=O) groups excluding carboxylic acids is 1. The van der Waals surface area contributed by atoms with Crippen molar-refractivity contribution in [3.8, 4) is 0 Å².